The maximum absolute atomic E-state index is 14.2. The van der Waals surface area contributed by atoms with Gasteiger partial charge in [0.15, 0.2) is 0 Å². The molecule has 0 unspecified atom stereocenters. The second-order valence-electron chi connectivity index (χ2n) is 10.8. The van der Waals surface area contributed by atoms with Gasteiger partial charge in [-0.2, -0.15) is 0 Å². The Morgan fingerprint density at radius 2 is 1.45 bits per heavy atom. The van der Waals surface area contributed by atoms with Gasteiger partial charge in [0, 0.05) is 28.2 Å². The van der Waals surface area contributed by atoms with Crippen LogP contribution in [0.4, 0.5) is 5.69 Å². The maximum atomic E-state index is 14.2. The first-order valence-electron chi connectivity index (χ1n) is 14.2. The molecule has 1 fully saturated rings. The van der Waals surface area contributed by atoms with Crippen molar-refractivity contribution in [3.63, 3.8) is 0 Å². The first-order chi connectivity index (χ1) is 20.0. The zero-order valence-electron chi connectivity index (χ0n) is 24.1. The number of nitrogens with one attached hydrogen (secondary N) is 1. The van der Waals surface area contributed by atoms with Crippen LogP contribution in [-0.2, 0) is 26.2 Å². The number of halogens is 2. The Kier molecular flexibility index (Phi) is 10.6. The van der Waals surface area contributed by atoms with Crippen LogP contribution < -0.4 is 9.62 Å². The predicted octanol–water partition coefficient (Wildman–Crippen LogP) is 6.67. The maximum Gasteiger partial charge on any atom is 0.264 e. The number of hydrogen-bond acceptors (Lipinski definition) is 4. The predicted molar refractivity (Wildman–Crippen MR) is 168 cm³/mol. The van der Waals surface area contributed by atoms with Gasteiger partial charge in [-0.05, 0) is 69.5 Å². The molecule has 1 atom stereocenters. The third-order valence-electron chi connectivity index (χ3n) is 7.69. The molecule has 0 spiro atoms. The Bertz CT molecular complexity index is 1490. The van der Waals surface area contributed by atoms with Crippen molar-refractivity contribution in [3.05, 3.63) is 93.5 Å². The SMILES string of the molecule is CC[C@@H](C(=O)NC1CCCC1)N(Cc1c(Cl)cccc1Cl)C(=O)CN(c1ccc(C)cc1)S(=O)(=O)c1ccc(C)cc1. The van der Waals surface area contributed by atoms with Crippen LogP contribution in [0.2, 0.25) is 10.0 Å². The summed E-state index contributed by atoms with van der Waals surface area (Å²) in [6.07, 6.45) is 4.19. The van der Waals surface area contributed by atoms with Crippen LogP contribution in [0.25, 0.3) is 0 Å². The van der Waals surface area contributed by atoms with Crippen LogP contribution in [0.3, 0.4) is 0 Å². The number of aryl methyl sites for hydroxylation is 2. The van der Waals surface area contributed by atoms with Crippen molar-refractivity contribution in [1.82, 2.24) is 10.2 Å². The van der Waals surface area contributed by atoms with Crippen molar-refractivity contribution in [2.45, 2.75) is 76.4 Å². The van der Waals surface area contributed by atoms with Gasteiger partial charge in [0.2, 0.25) is 11.8 Å². The first-order valence-corrected chi connectivity index (χ1v) is 16.4. The van der Waals surface area contributed by atoms with E-state index >= 15 is 0 Å². The molecular formula is C32H37Cl2N3O4S. The number of anilines is 1. The molecule has 0 bridgehead atoms. The summed E-state index contributed by atoms with van der Waals surface area (Å²) in [6, 6.07) is 17.7. The van der Waals surface area contributed by atoms with Crippen LogP contribution in [-0.4, -0.2) is 43.8 Å². The number of carbonyl (C=O) groups is 2. The summed E-state index contributed by atoms with van der Waals surface area (Å²) >= 11 is 13.0. The highest BCUT2D eigenvalue weighted by atomic mass is 35.5. The topological polar surface area (TPSA) is 86.8 Å². The van der Waals surface area contributed by atoms with Crippen molar-refractivity contribution < 1.29 is 18.0 Å². The third-order valence-corrected chi connectivity index (χ3v) is 10.2. The molecule has 3 aromatic carbocycles. The highest BCUT2D eigenvalue weighted by Crippen LogP contribution is 2.29. The van der Waals surface area contributed by atoms with Crippen molar-refractivity contribution >= 4 is 50.7 Å². The molecule has 0 aromatic heterocycles. The summed E-state index contributed by atoms with van der Waals surface area (Å²) in [5.41, 5.74) is 2.69. The Hall–Kier alpha value is -3.07. The number of rotatable bonds is 11. The second kappa shape index (κ2) is 13.9. The minimum atomic E-state index is -4.14. The second-order valence-corrected chi connectivity index (χ2v) is 13.5. The zero-order chi connectivity index (χ0) is 30.4. The molecule has 1 aliphatic rings. The van der Waals surface area contributed by atoms with Gasteiger partial charge in [0.25, 0.3) is 10.0 Å². The normalized spacial score (nSPS) is 14.4. The van der Waals surface area contributed by atoms with Crippen molar-refractivity contribution in [1.29, 1.82) is 0 Å². The van der Waals surface area contributed by atoms with E-state index in [-0.39, 0.29) is 23.4 Å². The molecule has 2 amide bonds. The van der Waals surface area contributed by atoms with E-state index in [0.717, 1.165) is 41.1 Å². The molecular weight excluding hydrogens is 593 g/mol. The van der Waals surface area contributed by atoms with Gasteiger partial charge in [-0.3, -0.25) is 13.9 Å². The molecule has 1 saturated carbocycles. The lowest BCUT2D eigenvalue weighted by Gasteiger charge is -2.34. The largest absolute Gasteiger partial charge is 0.352 e. The van der Waals surface area contributed by atoms with E-state index in [9.17, 15) is 18.0 Å². The molecule has 3 aromatic rings. The lowest BCUT2D eigenvalue weighted by Crippen LogP contribution is -2.53. The van der Waals surface area contributed by atoms with Crippen LogP contribution in [0.1, 0.15) is 55.7 Å². The summed E-state index contributed by atoms with van der Waals surface area (Å²) in [5.74, 6) is -0.820. The molecule has 0 heterocycles. The number of amides is 2. The van der Waals surface area contributed by atoms with Crippen molar-refractivity contribution in [3.8, 4) is 0 Å². The molecule has 10 heteroatoms. The standard InChI is InChI=1S/C32H37Cl2N3O4S/c1-4-30(32(39)35-24-8-5-6-9-24)36(20-27-28(33)10-7-11-29(27)34)31(38)21-37(25-16-12-22(2)13-17-25)42(40,41)26-18-14-23(3)15-19-26/h7,10-19,24,30H,4-6,8-9,20-21H2,1-3H3,(H,35,39)/t30-/m0/s1. The molecule has 0 saturated heterocycles. The molecule has 7 nitrogen and oxygen atoms in total. The highest BCUT2D eigenvalue weighted by molar-refractivity contribution is 7.92. The van der Waals surface area contributed by atoms with Gasteiger partial charge in [-0.15, -0.1) is 0 Å². The Balaban J connectivity index is 1.74. The minimum absolute atomic E-state index is 0.0541. The lowest BCUT2D eigenvalue weighted by atomic mass is 10.1. The summed E-state index contributed by atoms with van der Waals surface area (Å²) < 4.78 is 29.1. The van der Waals surface area contributed by atoms with Gasteiger partial charge >= 0.3 is 0 Å². The van der Waals surface area contributed by atoms with E-state index in [2.05, 4.69) is 5.32 Å². The highest BCUT2D eigenvalue weighted by Gasteiger charge is 2.35. The van der Waals surface area contributed by atoms with E-state index in [1.54, 1.807) is 54.6 Å². The third kappa shape index (κ3) is 7.46. The number of nitrogens with zero attached hydrogens (tertiary/aromatic N) is 2. The Morgan fingerprint density at radius 1 is 0.905 bits per heavy atom. The van der Waals surface area contributed by atoms with Gasteiger partial charge in [0.1, 0.15) is 12.6 Å². The Labute approximate surface area is 258 Å². The molecule has 0 radical (unpaired) electrons. The Morgan fingerprint density at radius 3 is 2.00 bits per heavy atom. The lowest BCUT2D eigenvalue weighted by molar-refractivity contribution is -0.140. The van der Waals surface area contributed by atoms with Crippen molar-refractivity contribution in [2.24, 2.45) is 0 Å². The average molecular weight is 631 g/mol. The van der Waals surface area contributed by atoms with Gasteiger partial charge in [0.05, 0.1) is 10.6 Å². The fourth-order valence-electron chi connectivity index (χ4n) is 5.22. The minimum Gasteiger partial charge on any atom is -0.352 e. The molecule has 42 heavy (non-hydrogen) atoms. The summed E-state index contributed by atoms with van der Waals surface area (Å²) in [5, 5.41) is 3.81. The molecule has 1 aliphatic carbocycles. The van der Waals surface area contributed by atoms with E-state index in [4.69, 9.17) is 23.2 Å². The zero-order valence-corrected chi connectivity index (χ0v) is 26.5. The molecule has 0 aliphatic heterocycles. The molecule has 1 N–H and O–H groups in total. The van der Waals surface area contributed by atoms with Crippen LogP contribution in [0.15, 0.2) is 71.6 Å². The number of carbonyl (C=O) groups excluding carboxylic acids is 2. The number of benzene rings is 3. The van der Waals surface area contributed by atoms with Gasteiger partial charge in [-0.1, -0.05) is 84.4 Å². The number of sulfonamides is 1. The smallest absolute Gasteiger partial charge is 0.264 e. The average Bonchev–Trinajstić information content (AvgIpc) is 3.47. The van der Waals surface area contributed by atoms with E-state index in [0.29, 0.717) is 27.7 Å². The summed E-state index contributed by atoms with van der Waals surface area (Å²) in [4.78, 5) is 29.3. The molecule has 4 rings (SSSR count). The van der Waals surface area contributed by atoms with Gasteiger partial charge < -0.3 is 10.2 Å². The quantitative estimate of drug-likeness (QED) is 0.256. The van der Waals surface area contributed by atoms with Crippen LogP contribution in [0.5, 0.6) is 0 Å². The molecule has 224 valence electrons. The van der Waals surface area contributed by atoms with E-state index in [1.807, 2.05) is 20.8 Å². The first kappa shape index (κ1) is 31.9. The summed E-state index contributed by atoms with van der Waals surface area (Å²) in [6.45, 7) is 5.03. The fraction of sp³-hybridized carbons (Fsp3) is 0.375. The monoisotopic (exact) mass is 629 g/mol. The van der Waals surface area contributed by atoms with Crippen LogP contribution in [0, 0.1) is 13.8 Å². The van der Waals surface area contributed by atoms with Crippen LogP contribution >= 0.6 is 23.2 Å². The fourth-order valence-corrected chi connectivity index (χ4v) is 7.15. The van der Waals surface area contributed by atoms with E-state index in [1.165, 1.54) is 17.0 Å². The van der Waals surface area contributed by atoms with Gasteiger partial charge in [-0.25, -0.2) is 8.42 Å². The van der Waals surface area contributed by atoms with Crippen molar-refractivity contribution in [2.75, 3.05) is 10.8 Å². The number of hydrogen-bond donors (Lipinski definition) is 1. The van der Waals surface area contributed by atoms with E-state index < -0.39 is 28.5 Å². The summed E-state index contributed by atoms with van der Waals surface area (Å²) in [7, 11) is -4.14.